The fourth-order valence-electron chi connectivity index (χ4n) is 2.85. The van der Waals surface area contributed by atoms with E-state index in [1.165, 1.54) is 0 Å². The molecule has 0 radical (unpaired) electrons. The van der Waals surface area contributed by atoms with Crippen LogP contribution in [-0.2, 0) is 16.0 Å². The molecule has 0 fully saturated rings. The van der Waals surface area contributed by atoms with Crippen molar-refractivity contribution in [1.82, 2.24) is 9.55 Å². The molecular weight excluding hydrogens is 413 g/mol. The summed E-state index contributed by atoms with van der Waals surface area (Å²) in [4.78, 5) is 15.8. The Labute approximate surface area is 178 Å². The van der Waals surface area contributed by atoms with Crippen molar-refractivity contribution in [1.29, 1.82) is 0 Å². The maximum Gasteiger partial charge on any atom is 0.333 e. The van der Waals surface area contributed by atoms with Gasteiger partial charge in [-0.15, -0.1) is 0 Å². The normalized spacial score (nSPS) is 13.2. The molecule has 0 saturated heterocycles. The number of nitrogens with zero attached hydrogens (tertiary/aromatic N) is 2. The summed E-state index contributed by atoms with van der Waals surface area (Å²) in [6, 6.07) is 13.3. The number of carboxylic acid groups (broad SMARTS) is 1. The fraction of sp³-hybridized carbons (Fsp3) is 0.238. The Balaban J connectivity index is 1.81. The predicted octanol–water partition coefficient (Wildman–Crippen LogP) is 4.21. The van der Waals surface area contributed by atoms with Crippen molar-refractivity contribution in [2.75, 3.05) is 6.54 Å². The number of rotatable bonds is 8. The summed E-state index contributed by atoms with van der Waals surface area (Å²) in [5, 5.41) is 10.4. The number of nitrogens with two attached hydrogens (primary N) is 1. The predicted molar refractivity (Wildman–Crippen MR) is 114 cm³/mol. The van der Waals surface area contributed by atoms with Crippen LogP contribution < -0.4 is 5.73 Å². The largest absolute Gasteiger partial charge is 0.479 e. The lowest BCUT2D eigenvalue weighted by Crippen LogP contribution is -2.33. The molecule has 2 atom stereocenters. The molecule has 1 aromatic heterocycles. The number of carboxylic acids is 1. The minimum atomic E-state index is -1.04. The van der Waals surface area contributed by atoms with Gasteiger partial charge in [0, 0.05) is 24.8 Å². The average Bonchev–Trinajstić information content (AvgIpc) is 3.18. The zero-order valence-electron chi connectivity index (χ0n) is 15.8. The Morgan fingerprint density at radius 1 is 1.21 bits per heavy atom. The van der Waals surface area contributed by atoms with Crippen molar-refractivity contribution >= 4 is 29.2 Å². The van der Waals surface area contributed by atoms with E-state index in [9.17, 15) is 9.90 Å². The number of aromatic nitrogens is 2. The molecule has 3 aromatic rings. The Bertz CT molecular complexity index is 1010. The topological polar surface area (TPSA) is 90.4 Å². The van der Waals surface area contributed by atoms with Gasteiger partial charge in [-0.25, -0.2) is 9.78 Å². The minimum Gasteiger partial charge on any atom is -0.479 e. The van der Waals surface area contributed by atoms with E-state index in [0.717, 1.165) is 16.8 Å². The van der Waals surface area contributed by atoms with Crippen molar-refractivity contribution in [3.8, 4) is 16.8 Å². The molecule has 6 nitrogen and oxygen atoms in total. The first-order valence-electron chi connectivity index (χ1n) is 9.04. The lowest BCUT2D eigenvalue weighted by molar-refractivity contribution is -0.153. The Kier molecular flexibility index (Phi) is 6.92. The van der Waals surface area contributed by atoms with Gasteiger partial charge in [0.1, 0.15) is 0 Å². The highest BCUT2D eigenvalue weighted by atomic mass is 35.5. The van der Waals surface area contributed by atoms with Gasteiger partial charge in [0.05, 0.1) is 28.2 Å². The SMILES string of the molecule is CC(CN)OC(Cc1cn(-c2cccc(-c3ccc(Cl)c(Cl)c3)c2)cn1)C(=O)O. The second-order valence-electron chi connectivity index (χ2n) is 6.66. The van der Waals surface area contributed by atoms with E-state index in [2.05, 4.69) is 4.98 Å². The summed E-state index contributed by atoms with van der Waals surface area (Å²) in [6.07, 6.45) is 2.24. The highest BCUT2D eigenvalue weighted by Crippen LogP contribution is 2.29. The molecule has 0 aliphatic rings. The van der Waals surface area contributed by atoms with E-state index in [-0.39, 0.29) is 19.1 Å². The molecule has 0 bridgehead atoms. The Morgan fingerprint density at radius 2 is 1.97 bits per heavy atom. The molecule has 152 valence electrons. The Hall–Kier alpha value is -2.38. The second-order valence-corrected chi connectivity index (χ2v) is 7.48. The smallest absolute Gasteiger partial charge is 0.333 e. The van der Waals surface area contributed by atoms with Gasteiger partial charge in [-0.05, 0) is 42.3 Å². The van der Waals surface area contributed by atoms with Crippen molar-refractivity contribution in [3.05, 3.63) is 70.7 Å². The molecule has 0 aliphatic carbocycles. The molecule has 0 spiro atoms. The van der Waals surface area contributed by atoms with Gasteiger partial charge in [0.15, 0.2) is 6.10 Å². The number of imidazole rings is 1. The third-order valence-electron chi connectivity index (χ3n) is 4.43. The number of carbonyl (C=O) groups is 1. The van der Waals surface area contributed by atoms with E-state index in [1.54, 1.807) is 25.5 Å². The maximum atomic E-state index is 11.5. The monoisotopic (exact) mass is 433 g/mol. The van der Waals surface area contributed by atoms with Gasteiger partial charge in [0.25, 0.3) is 0 Å². The van der Waals surface area contributed by atoms with Crippen LogP contribution in [-0.4, -0.2) is 39.4 Å². The van der Waals surface area contributed by atoms with Crippen LogP contribution in [0.1, 0.15) is 12.6 Å². The molecular formula is C21H21Cl2N3O3. The highest BCUT2D eigenvalue weighted by molar-refractivity contribution is 6.42. The van der Waals surface area contributed by atoms with E-state index >= 15 is 0 Å². The molecule has 3 rings (SSSR count). The molecule has 2 aromatic carbocycles. The van der Waals surface area contributed by atoms with Crippen molar-refractivity contribution < 1.29 is 14.6 Å². The van der Waals surface area contributed by atoms with Crippen LogP contribution in [0.15, 0.2) is 55.0 Å². The molecule has 2 unspecified atom stereocenters. The van der Waals surface area contributed by atoms with E-state index in [0.29, 0.717) is 15.7 Å². The lowest BCUT2D eigenvalue weighted by atomic mass is 10.1. The summed E-state index contributed by atoms with van der Waals surface area (Å²) in [5.41, 5.74) is 8.93. The van der Waals surface area contributed by atoms with Crippen molar-refractivity contribution in [2.24, 2.45) is 5.73 Å². The van der Waals surface area contributed by atoms with Gasteiger partial charge in [-0.2, -0.15) is 0 Å². The second kappa shape index (κ2) is 9.41. The fourth-order valence-corrected chi connectivity index (χ4v) is 3.15. The van der Waals surface area contributed by atoms with E-state index in [4.69, 9.17) is 33.7 Å². The summed E-state index contributed by atoms with van der Waals surface area (Å²) in [6.45, 7) is 1.99. The van der Waals surface area contributed by atoms with Gasteiger partial charge in [0.2, 0.25) is 0 Å². The number of ether oxygens (including phenoxy) is 1. The van der Waals surface area contributed by atoms with Crippen LogP contribution in [0.2, 0.25) is 10.0 Å². The summed E-state index contributed by atoms with van der Waals surface area (Å²) < 4.78 is 7.32. The quantitative estimate of drug-likeness (QED) is 0.555. The van der Waals surface area contributed by atoms with Gasteiger partial charge in [-0.1, -0.05) is 41.4 Å². The van der Waals surface area contributed by atoms with Crippen LogP contribution in [0.25, 0.3) is 16.8 Å². The molecule has 1 heterocycles. The minimum absolute atomic E-state index is 0.152. The molecule has 0 amide bonds. The van der Waals surface area contributed by atoms with Crippen LogP contribution in [0, 0.1) is 0 Å². The average molecular weight is 434 g/mol. The lowest BCUT2D eigenvalue weighted by Gasteiger charge is -2.17. The zero-order chi connectivity index (χ0) is 21.0. The van der Waals surface area contributed by atoms with Crippen LogP contribution >= 0.6 is 23.2 Å². The summed E-state index contributed by atoms with van der Waals surface area (Å²) in [7, 11) is 0. The van der Waals surface area contributed by atoms with Crippen LogP contribution in [0.5, 0.6) is 0 Å². The van der Waals surface area contributed by atoms with Gasteiger partial charge >= 0.3 is 5.97 Å². The third kappa shape index (κ3) is 5.36. The molecule has 3 N–H and O–H groups in total. The van der Waals surface area contributed by atoms with Crippen molar-refractivity contribution in [3.63, 3.8) is 0 Å². The molecule has 0 saturated carbocycles. The summed E-state index contributed by atoms with van der Waals surface area (Å²) in [5.74, 6) is -1.04. The summed E-state index contributed by atoms with van der Waals surface area (Å²) >= 11 is 12.1. The number of hydrogen-bond donors (Lipinski definition) is 2. The Morgan fingerprint density at radius 3 is 2.66 bits per heavy atom. The first-order valence-corrected chi connectivity index (χ1v) is 9.80. The number of halogens is 2. The number of hydrogen-bond acceptors (Lipinski definition) is 4. The molecule has 0 aliphatic heterocycles. The first kappa shape index (κ1) is 21.3. The number of benzene rings is 2. The maximum absolute atomic E-state index is 11.5. The van der Waals surface area contributed by atoms with Gasteiger partial charge in [-0.3, -0.25) is 0 Å². The zero-order valence-corrected chi connectivity index (χ0v) is 17.3. The van der Waals surface area contributed by atoms with E-state index in [1.807, 2.05) is 41.0 Å². The van der Waals surface area contributed by atoms with Gasteiger partial charge < -0.3 is 20.1 Å². The third-order valence-corrected chi connectivity index (χ3v) is 5.17. The van der Waals surface area contributed by atoms with E-state index < -0.39 is 12.1 Å². The standard InChI is InChI=1S/C21H21Cl2N3O3/c1-13(10-24)29-20(21(27)28)9-16-11-26(12-25-16)17-4-2-3-14(7-17)15-5-6-18(22)19(23)8-15/h2-8,11-13,20H,9-10,24H2,1H3,(H,27,28). The number of aliphatic carboxylic acids is 1. The van der Waals surface area contributed by atoms with Crippen molar-refractivity contribution in [2.45, 2.75) is 25.6 Å². The van der Waals surface area contributed by atoms with Crippen LogP contribution in [0.3, 0.4) is 0 Å². The molecule has 29 heavy (non-hydrogen) atoms. The van der Waals surface area contributed by atoms with Crippen LogP contribution in [0.4, 0.5) is 0 Å². The molecule has 8 heteroatoms. The first-order chi connectivity index (χ1) is 13.9. The highest BCUT2D eigenvalue weighted by Gasteiger charge is 2.22.